The van der Waals surface area contributed by atoms with Crippen LogP contribution in [0.2, 0.25) is 0 Å². The lowest BCUT2D eigenvalue weighted by atomic mass is 9.78. The van der Waals surface area contributed by atoms with E-state index in [4.69, 9.17) is 0 Å². The maximum absolute atomic E-state index is 14.0. The Labute approximate surface area is 189 Å². The van der Waals surface area contributed by atoms with Crippen molar-refractivity contribution >= 4 is 26.7 Å². The fourth-order valence-corrected chi connectivity index (χ4v) is 6.84. The van der Waals surface area contributed by atoms with Crippen LogP contribution in [-0.2, 0) is 21.2 Å². The number of carboxylic acids is 1. The molecule has 2 aromatic carbocycles. The highest BCUT2D eigenvalue weighted by Crippen LogP contribution is 2.42. The zero-order valence-electron chi connectivity index (χ0n) is 18.0. The molecule has 1 aromatic heterocycles. The van der Waals surface area contributed by atoms with Gasteiger partial charge in [-0.1, -0.05) is 0 Å². The standard InChI is InChI=1S/C24H24F3NO4S/c1-14-24(19-10-17(25)6-8-21(19)28(14)12-23(29)30)16-4-2-15(3-5-16)13-33(31,32)22-9-7-18(26)11-20(22)27/h6-11,15-16H,2-5,12-13H2,1H3,(H,29,30). The number of halogens is 3. The van der Waals surface area contributed by atoms with Crippen LogP contribution in [0, 0.1) is 30.3 Å². The molecule has 176 valence electrons. The van der Waals surface area contributed by atoms with Crippen molar-refractivity contribution in [3.63, 3.8) is 0 Å². The molecule has 0 aliphatic heterocycles. The third-order valence-electron chi connectivity index (χ3n) is 6.57. The minimum Gasteiger partial charge on any atom is -0.480 e. The van der Waals surface area contributed by atoms with Gasteiger partial charge in [-0.3, -0.25) is 4.79 Å². The van der Waals surface area contributed by atoms with Crippen molar-refractivity contribution in [2.24, 2.45) is 5.92 Å². The average molecular weight is 480 g/mol. The van der Waals surface area contributed by atoms with Crippen molar-refractivity contribution in [1.29, 1.82) is 0 Å². The zero-order chi connectivity index (χ0) is 23.9. The smallest absolute Gasteiger partial charge is 0.323 e. The molecule has 1 aliphatic rings. The van der Waals surface area contributed by atoms with Crippen LogP contribution in [0.15, 0.2) is 41.3 Å². The number of hydrogen-bond donors (Lipinski definition) is 1. The van der Waals surface area contributed by atoms with Gasteiger partial charge >= 0.3 is 5.97 Å². The number of hydrogen-bond acceptors (Lipinski definition) is 3. The topological polar surface area (TPSA) is 76.4 Å². The molecular formula is C24H24F3NO4S. The number of aromatic nitrogens is 1. The summed E-state index contributed by atoms with van der Waals surface area (Å²) in [5, 5.41) is 9.98. The van der Waals surface area contributed by atoms with Crippen molar-refractivity contribution in [1.82, 2.24) is 4.57 Å². The number of carbonyl (C=O) groups is 1. The molecule has 0 atom stereocenters. The van der Waals surface area contributed by atoms with Crippen LogP contribution >= 0.6 is 0 Å². The van der Waals surface area contributed by atoms with E-state index in [9.17, 15) is 31.5 Å². The summed E-state index contributed by atoms with van der Waals surface area (Å²) in [4.78, 5) is 10.9. The van der Waals surface area contributed by atoms with Crippen molar-refractivity contribution < 1.29 is 31.5 Å². The average Bonchev–Trinajstić information content (AvgIpc) is 2.98. The lowest BCUT2D eigenvalue weighted by Gasteiger charge is -2.29. The molecule has 1 aliphatic carbocycles. The van der Waals surface area contributed by atoms with Crippen LogP contribution in [0.3, 0.4) is 0 Å². The largest absolute Gasteiger partial charge is 0.480 e. The molecule has 4 rings (SSSR count). The summed E-state index contributed by atoms with van der Waals surface area (Å²) in [7, 11) is -3.91. The first kappa shape index (κ1) is 23.4. The molecule has 3 aromatic rings. The van der Waals surface area contributed by atoms with Gasteiger partial charge in [0.1, 0.15) is 28.9 Å². The quantitative estimate of drug-likeness (QED) is 0.493. The number of fused-ring (bicyclic) bond motifs is 1. The third kappa shape index (κ3) is 4.64. The van der Waals surface area contributed by atoms with Gasteiger partial charge in [0.05, 0.1) is 5.75 Å². The molecule has 33 heavy (non-hydrogen) atoms. The van der Waals surface area contributed by atoms with Gasteiger partial charge in [0.25, 0.3) is 0 Å². The van der Waals surface area contributed by atoms with Crippen LogP contribution in [0.25, 0.3) is 10.9 Å². The Balaban J connectivity index is 1.55. The molecule has 0 unspecified atom stereocenters. The van der Waals surface area contributed by atoms with Gasteiger partial charge in [0.15, 0.2) is 9.84 Å². The van der Waals surface area contributed by atoms with E-state index in [2.05, 4.69) is 0 Å². The lowest BCUT2D eigenvalue weighted by Crippen LogP contribution is -2.22. The van der Waals surface area contributed by atoms with Crippen molar-refractivity contribution in [2.75, 3.05) is 5.75 Å². The van der Waals surface area contributed by atoms with Gasteiger partial charge in [0, 0.05) is 22.7 Å². The molecule has 1 heterocycles. The summed E-state index contributed by atoms with van der Waals surface area (Å²) in [6.45, 7) is 1.59. The van der Waals surface area contributed by atoms with E-state index in [0.29, 0.717) is 42.7 Å². The van der Waals surface area contributed by atoms with Crippen LogP contribution < -0.4 is 0 Å². The van der Waals surface area contributed by atoms with Gasteiger partial charge in [0.2, 0.25) is 0 Å². The summed E-state index contributed by atoms with van der Waals surface area (Å²) in [6, 6.07) is 6.77. The molecule has 0 spiro atoms. The van der Waals surface area contributed by atoms with Crippen LogP contribution in [0.1, 0.15) is 42.9 Å². The first-order chi connectivity index (χ1) is 15.6. The minimum atomic E-state index is -3.91. The van der Waals surface area contributed by atoms with Crippen molar-refractivity contribution in [3.05, 3.63) is 65.1 Å². The number of rotatable bonds is 6. The normalized spacial score (nSPS) is 19.2. The first-order valence-electron chi connectivity index (χ1n) is 10.7. The summed E-state index contributed by atoms with van der Waals surface area (Å²) < 4.78 is 68.2. The molecule has 1 N–H and O–H groups in total. The highest BCUT2D eigenvalue weighted by molar-refractivity contribution is 7.91. The molecule has 0 bridgehead atoms. The second kappa shape index (κ2) is 8.85. The molecular weight excluding hydrogens is 455 g/mol. The Morgan fingerprint density at radius 1 is 1.03 bits per heavy atom. The molecule has 0 saturated heterocycles. The highest BCUT2D eigenvalue weighted by atomic mass is 32.2. The number of benzene rings is 2. The third-order valence-corrected chi connectivity index (χ3v) is 8.48. The molecule has 9 heteroatoms. The Kier molecular flexibility index (Phi) is 6.26. The number of sulfone groups is 1. The van der Waals surface area contributed by atoms with E-state index in [0.717, 1.165) is 23.4 Å². The molecule has 1 fully saturated rings. The second-order valence-electron chi connectivity index (χ2n) is 8.71. The van der Waals surface area contributed by atoms with Crippen molar-refractivity contribution in [3.8, 4) is 0 Å². The van der Waals surface area contributed by atoms with Gasteiger partial charge in [-0.25, -0.2) is 21.6 Å². The van der Waals surface area contributed by atoms with E-state index in [1.807, 2.05) is 6.92 Å². The van der Waals surface area contributed by atoms with Gasteiger partial charge in [-0.15, -0.1) is 0 Å². The Morgan fingerprint density at radius 2 is 1.67 bits per heavy atom. The van der Waals surface area contributed by atoms with Crippen LogP contribution in [-0.4, -0.2) is 29.8 Å². The SMILES string of the molecule is Cc1c(C2CCC(CS(=O)(=O)c3ccc(F)cc3F)CC2)c2cc(F)ccc2n1CC(=O)O. The van der Waals surface area contributed by atoms with Gasteiger partial charge in [-0.2, -0.15) is 0 Å². The van der Waals surface area contributed by atoms with Gasteiger partial charge < -0.3 is 9.67 Å². The fraction of sp³-hybridized carbons (Fsp3) is 0.375. The number of aliphatic carboxylic acids is 1. The minimum absolute atomic E-state index is 0.0332. The molecule has 1 saturated carbocycles. The van der Waals surface area contributed by atoms with E-state index in [1.54, 1.807) is 10.6 Å². The predicted molar refractivity (Wildman–Crippen MR) is 117 cm³/mol. The molecule has 0 amide bonds. The van der Waals surface area contributed by atoms with E-state index in [1.165, 1.54) is 12.1 Å². The Morgan fingerprint density at radius 3 is 2.30 bits per heavy atom. The van der Waals surface area contributed by atoms with Gasteiger partial charge in [-0.05, 0) is 80.3 Å². The van der Waals surface area contributed by atoms with Crippen molar-refractivity contribution in [2.45, 2.75) is 50.0 Å². The summed E-state index contributed by atoms with van der Waals surface area (Å²) in [6.07, 6.45) is 2.45. The second-order valence-corrected chi connectivity index (χ2v) is 10.7. The molecule has 5 nitrogen and oxygen atoms in total. The lowest BCUT2D eigenvalue weighted by molar-refractivity contribution is -0.137. The Bertz CT molecular complexity index is 1330. The Hall–Kier alpha value is -2.81. The summed E-state index contributed by atoms with van der Waals surface area (Å²) in [5.74, 6) is -3.69. The highest BCUT2D eigenvalue weighted by Gasteiger charge is 2.31. The van der Waals surface area contributed by atoms with E-state index in [-0.39, 0.29) is 24.1 Å². The number of carboxylic acid groups (broad SMARTS) is 1. The fourth-order valence-electron chi connectivity index (χ4n) is 5.08. The number of nitrogens with zero attached hydrogens (tertiary/aromatic N) is 1. The first-order valence-corrected chi connectivity index (χ1v) is 12.4. The predicted octanol–water partition coefficient (Wildman–Crippen LogP) is 5.20. The molecule has 0 radical (unpaired) electrons. The summed E-state index contributed by atoms with van der Waals surface area (Å²) >= 11 is 0. The van der Waals surface area contributed by atoms with E-state index < -0.39 is 38.2 Å². The van der Waals surface area contributed by atoms with Crippen LogP contribution in [0.4, 0.5) is 13.2 Å². The summed E-state index contributed by atoms with van der Waals surface area (Å²) in [5.41, 5.74) is 2.32. The monoisotopic (exact) mass is 479 g/mol. The van der Waals surface area contributed by atoms with E-state index >= 15 is 0 Å². The maximum Gasteiger partial charge on any atom is 0.323 e. The maximum atomic E-state index is 14.0. The van der Waals surface area contributed by atoms with Crippen LogP contribution in [0.5, 0.6) is 0 Å². The zero-order valence-corrected chi connectivity index (χ0v) is 18.8.